The van der Waals surface area contributed by atoms with E-state index in [2.05, 4.69) is 5.32 Å². The Balaban J connectivity index is 1.82. The average Bonchev–Trinajstić information content (AvgIpc) is 2.66. The molecule has 6 heteroatoms. The highest BCUT2D eigenvalue weighted by Crippen LogP contribution is 2.18. The molecular formula is C21H24N2O4. The fourth-order valence-corrected chi connectivity index (χ4v) is 2.54. The third-order valence-electron chi connectivity index (χ3n) is 4.24. The molecule has 6 nitrogen and oxygen atoms in total. The topological polar surface area (TPSA) is 75.7 Å². The lowest BCUT2D eigenvalue weighted by Gasteiger charge is -2.25. The van der Waals surface area contributed by atoms with Crippen molar-refractivity contribution in [1.29, 1.82) is 0 Å². The average molecular weight is 368 g/mol. The molecule has 0 aliphatic rings. The first-order chi connectivity index (χ1) is 12.9. The van der Waals surface area contributed by atoms with E-state index >= 15 is 0 Å². The van der Waals surface area contributed by atoms with Crippen LogP contribution in [0.3, 0.4) is 0 Å². The lowest BCUT2D eigenvalue weighted by molar-refractivity contribution is -0.151. The molecule has 27 heavy (non-hydrogen) atoms. The minimum absolute atomic E-state index is 0.0611. The third-order valence-corrected chi connectivity index (χ3v) is 4.24. The number of esters is 1. The van der Waals surface area contributed by atoms with E-state index in [4.69, 9.17) is 4.74 Å². The minimum Gasteiger partial charge on any atom is -0.455 e. The quantitative estimate of drug-likeness (QED) is 0.763. The van der Waals surface area contributed by atoms with Gasteiger partial charge in [-0.2, -0.15) is 0 Å². The predicted molar refractivity (Wildman–Crippen MR) is 103 cm³/mol. The van der Waals surface area contributed by atoms with Crippen LogP contribution in [0.5, 0.6) is 0 Å². The van der Waals surface area contributed by atoms with Gasteiger partial charge in [0.05, 0.1) is 12.5 Å². The summed E-state index contributed by atoms with van der Waals surface area (Å²) in [6.45, 7) is 3.06. The monoisotopic (exact) mass is 368 g/mol. The van der Waals surface area contributed by atoms with Gasteiger partial charge in [0.25, 0.3) is 5.91 Å². The first-order valence-corrected chi connectivity index (χ1v) is 8.69. The molecule has 0 fully saturated rings. The maximum Gasteiger partial charge on any atom is 0.310 e. The van der Waals surface area contributed by atoms with Gasteiger partial charge < -0.3 is 15.0 Å². The summed E-state index contributed by atoms with van der Waals surface area (Å²) >= 11 is 0. The molecule has 0 radical (unpaired) electrons. The number of likely N-dealkylation sites (N-methyl/N-ethyl adjacent to an activating group) is 1. The van der Waals surface area contributed by atoms with E-state index in [9.17, 15) is 14.4 Å². The summed E-state index contributed by atoms with van der Waals surface area (Å²) in [5, 5.41) is 2.66. The zero-order valence-corrected chi connectivity index (χ0v) is 15.8. The van der Waals surface area contributed by atoms with Crippen LogP contribution in [0.2, 0.25) is 0 Å². The van der Waals surface area contributed by atoms with Gasteiger partial charge in [0.1, 0.15) is 0 Å². The molecule has 2 rings (SSSR count). The van der Waals surface area contributed by atoms with Crippen LogP contribution in [0.1, 0.15) is 31.0 Å². The van der Waals surface area contributed by atoms with Gasteiger partial charge in [0.2, 0.25) is 5.91 Å². The molecule has 1 N–H and O–H groups in total. The van der Waals surface area contributed by atoms with Gasteiger partial charge in [-0.25, -0.2) is 0 Å². The molecule has 0 bridgehead atoms. The summed E-state index contributed by atoms with van der Waals surface area (Å²) in [7, 11) is 1.69. The molecule has 0 aromatic heterocycles. The van der Waals surface area contributed by atoms with Gasteiger partial charge in [-0.3, -0.25) is 14.4 Å². The molecule has 0 saturated carbocycles. The largest absolute Gasteiger partial charge is 0.455 e. The van der Waals surface area contributed by atoms with Gasteiger partial charge in [0, 0.05) is 19.7 Å². The number of benzene rings is 2. The van der Waals surface area contributed by atoms with Crippen LogP contribution < -0.4 is 5.32 Å². The van der Waals surface area contributed by atoms with Crippen molar-refractivity contribution in [2.75, 3.05) is 19.0 Å². The molecule has 0 saturated heterocycles. The number of carbonyl (C=O) groups is 3. The first kappa shape index (κ1) is 20.2. The van der Waals surface area contributed by atoms with Crippen molar-refractivity contribution >= 4 is 23.5 Å². The molecule has 0 spiro atoms. The first-order valence-electron chi connectivity index (χ1n) is 8.69. The summed E-state index contributed by atoms with van der Waals surface area (Å²) < 4.78 is 5.11. The van der Waals surface area contributed by atoms with E-state index in [-0.39, 0.29) is 30.9 Å². The third kappa shape index (κ3) is 6.26. The van der Waals surface area contributed by atoms with E-state index in [1.165, 1.54) is 6.92 Å². The fourth-order valence-electron chi connectivity index (χ4n) is 2.54. The van der Waals surface area contributed by atoms with Crippen molar-refractivity contribution in [3.8, 4) is 0 Å². The van der Waals surface area contributed by atoms with Crippen molar-refractivity contribution in [3.63, 3.8) is 0 Å². The van der Waals surface area contributed by atoms with E-state index < -0.39 is 5.97 Å². The Morgan fingerprint density at radius 3 is 2.26 bits per heavy atom. The molecule has 2 amide bonds. The number of rotatable bonds is 7. The highest BCUT2D eigenvalue weighted by Gasteiger charge is 2.18. The van der Waals surface area contributed by atoms with Crippen molar-refractivity contribution < 1.29 is 19.1 Å². The van der Waals surface area contributed by atoms with Crippen LogP contribution in [-0.4, -0.2) is 36.3 Å². The number of ether oxygens (including phenoxy) is 1. The van der Waals surface area contributed by atoms with Gasteiger partial charge >= 0.3 is 5.97 Å². The molecule has 0 aliphatic heterocycles. The SMILES string of the molecule is CC(=O)Nc1ccc(CC(=O)OCC(=O)N(C)[C@@H](C)c2ccccc2)cc1. The molecule has 142 valence electrons. The fraction of sp³-hybridized carbons (Fsp3) is 0.286. The summed E-state index contributed by atoms with van der Waals surface area (Å²) in [5.41, 5.74) is 2.41. The van der Waals surface area contributed by atoms with Crippen molar-refractivity contribution in [2.24, 2.45) is 0 Å². The Morgan fingerprint density at radius 1 is 1.04 bits per heavy atom. The Labute approximate surface area is 159 Å². The summed E-state index contributed by atoms with van der Waals surface area (Å²) in [6, 6.07) is 16.4. The summed E-state index contributed by atoms with van der Waals surface area (Å²) in [6.07, 6.45) is 0.0611. The number of nitrogens with one attached hydrogen (secondary N) is 1. The number of carbonyl (C=O) groups excluding carboxylic acids is 3. The Morgan fingerprint density at radius 2 is 1.67 bits per heavy atom. The second-order valence-electron chi connectivity index (χ2n) is 6.31. The molecule has 2 aromatic rings. The minimum atomic E-state index is -0.476. The molecule has 0 heterocycles. The lowest BCUT2D eigenvalue weighted by Crippen LogP contribution is -2.33. The second kappa shape index (κ2) is 9.52. The molecular weight excluding hydrogens is 344 g/mol. The van der Waals surface area contributed by atoms with E-state index in [0.29, 0.717) is 5.69 Å². The normalized spacial score (nSPS) is 11.4. The van der Waals surface area contributed by atoms with Crippen molar-refractivity contribution in [3.05, 3.63) is 65.7 Å². The molecule has 2 aromatic carbocycles. The zero-order valence-electron chi connectivity index (χ0n) is 15.8. The number of nitrogens with zero attached hydrogens (tertiary/aromatic N) is 1. The van der Waals surface area contributed by atoms with Crippen LogP contribution >= 0.6 is 0 Å². The number of hydrogen-bond donors (Lipinski definition) is 1. The highest BCUT2D eigenvalue weighted by molar-refractivity contribution is 5.88. The lowest BCUT2D eigenvalue weighted by atomic mass is 10.1. The Hall–Kier alpha value is -3.15. The smallest absolute Gasteiger partial charge is 0.310 e. The zero-order chi connectivity index (χ0) is 19.8. The number of hydrogen-bond acceptors (Lipinski definition) is 4. The Kier molecular flexibility index (Phi) is 7.11. The summed E-state index contributed by atoms with van der Waals surface area (Å²) in [5.74, 6) is -0.897. The van der Waals surface area contributed by atoms with Gasteiger partial charge in [0.15, 0.2) is 6.61 Å². The van der Waals surface area contributed by atoms with Crippen molar-refractivity contribution in [2.45, 2.75) is 26.3 Å². The maximum absolute atomic E-state index is 12.3. The van der Waals surface area contributed by atoms with Crippen LogP contribution in [-0.2, 0) is 25.5 Å². The molecule has 1 atom stereocenters. The molecule has 0 unspecified atom stereocenters. The standard InChI is InChI=1S/C21H24N2O4/c1-15(18-7-5-4-6-8-18)23(3)20(25)14-27-21(26)13-17-9-11-19(12-10-17)22-16(2)24/h4-12,15H,13-14H2,1-3H3,(H,22,24)/t15-/m0/s1. The second-order valence-corrected chi connectivity index (χ2v) is 6.31. The van der Waals surface area contributed by atoms with Crippen LogP contribution in [0, 0.1) is 0 Å². The molecule has 0 aliphatic carbocycles. The van der Waals surface area contributed by atoms with E-state index in [1.807, 2.05) is 37.3 Å². The van der Waals surface area contributed by atoms with Gasteiger partial charge in [-0.1, -0.05) is 42.5 Å². The highest BCUT2D eigenvalue weighted by atomic mass is 16.5. The van der Waals surface area contributed by atoms with Crippen molar-refractivity contribution in [1.82, 2.24) is 4.90 Å². The van der Waals surface area contributed by atoms with Crippen LogP contribution in [0.25, 0.3) is 0 Å². The maximum atomic E-state index is 12.3. The van der Waals surface area contributed by atoms with Crippen LogP contribution in [0.4, 0.5) is 5.69 Å². The number of amides is 2. The Bertz CT molecular complexity index is 788. The predicted octanol–water partition coefficient (Wildman–Crippen LogP) is 2.95. The van der Waals surface area contributed by atoms with E-state index in [1.54, 1.807) is 36.2 Å². The van der Waals surface area contributed by atoms with E-state index in [0.717, 1.165) is 11.1 Å². The van der Waals surface area contributed by atoms with Gasteiger partial charge in [-0.15, -0.1) is 0 Å². The number of anilines is 1. The van der Waals surface area contributed by atoms with Gasteiger partial charge in [-0.05, 0) is 30.2 Å². The van der Waals surface area contributed by atoms with Crippen LogP contribution in [0.15, 0.2) is 54.6 Å². The summed E-state index contributed by atoms with van der Waals surface area (Å²) in [4.78, 5) is 36.8.